The molecule has 3 aromatic heterocycles. The highest BCUT2D eigenvalue weighted by atomic mass is 35.5. The molecule has 2 N–H and O–H groups in total. The largest absolute Gasteiger partial charge is 0.481 e. The van der Waals surface area contributed by atoms with Gasteiger partial charge >= 0.3 is 0 Å². The van der Waals surface area contributed by atoms with E-state index in [4.69, 9.17) is 20.8 Å². The van der Waals surface area contributed by atoms with Crippen molar-refractivity contribution in [2.75, 3.05) is 20.2 Å². The number of fused-ring (bicyclic) bond motifs is 1. The summed E-state index contributed by atoms with van der Waals surface area (Å²) in [5.74, 6) is 0.0765. The van der Waals surface area contributed by atoms with Crippen molar-refractivity contribution in [3.8, 4) is 17.1 Å². The zero-order chi connectivity index (χ0) is 24.4. The Hall–Kier alpha value is -3.92. The van der Waals surface area contributed by atoms with Gasteiger partial charge in [0.2, 0.25) is 11.8 Å². The fourth-order valence-corrected chi connectivity index (χ4v) is 4.35. The zero-order valence-corrected chi connectivity index (χ0v) is 19.7. The molecule has 0 saturated carbocycles. The third-order valence-electron chi connectivity index (χ3n) is 6.14. The average Bonchev–Trinajstić information content (AvgIpc) is 3.57. The van der Waals surface area contributed by atoms with Crippen molar-refractivity contribution in [1.82, 2.24) is 30.4 Å². The van der Waals surface area contributed by atoms with Gasteiger partial charge in [-0.1, -0.05) is 17.7 Å². The van der Waals surface area contributed by atoms with Crippen molar-refractivity contribution in [3.05, 3.63) is 59.2 Å². The van der Waals surface area contributed by atoms with Crippen LogP contribution in [-0.2, 0) is 11.3 Å². The molecule has 1 saturated heterocycles. The lowest BCUT2D eigenvalue weighted by Crippen LogP contribution is -2.43. The number of aromatic amines is 1. The first kappa shape index (κ1) is 22.9. The summed E-state index contributed by atoms with van der Waals surface area (Å²) in [5, 5.41) is 10.4. The van der Waals surface area contributed by atoms with Gasteiger partial charge in [0.05, 0.1) is 24.0 Å². The molecule has 1 aliphatic rings. The topological polar surface area (TPSA) is 126 Å². The average molecular weight is 495 g/mol. The number of methoxy groups -OCH3 is 1. The number of amides is 2. The van der Waals surface area contributed by atoms with Crippen LogP contribution in [0.2, 0.25) is 5.02 Å². The second-order valence-electron chi connectivity index (χ2n) is 8.31. The molecule has 1 aliphatic heterocycles. The van der Waals surface area contributed by atoms with Gasteiger partial charge in [-0.3, -0.25) is 14.7 Å². The van der Waals surface area contributed by atoms with Gasteiger partial charge in [-0.05, 0) is 36.6 Å². The Morgan fingerprint density at radius 3 is 2.86 bits per heavy atom. The number of halogens is 1. The summed E-state index contributed by atoms with van der Waals surface area (Å²) in [6, 6.07) is 8.98. The van der Waals surface area contributed by atoms with E-state index in [2.05, 4.69) is 25.5 Å². The minimum atomic E-state index is -0.167. The van der Waals surface area contributed by atoms with E-state index in [0.29, 0.717) is 65.9 Å². The van der Waals surface area contributed by atoms with Gasteiger partial charge < -0.3 is 19.4 Å². The lowest BCUT2D eigenvalue weighted by molar-refractivity contribution is -0.126. The third-order valence-corrected chi connectivity index (χ3v) is 6.44. The number of rotatable bonds is 6. The van der Waals surface area contributed by atoms with Gasteiger partial charge in [0.25, 0.3) is 5.91 Å². The smallest absolute Gasteiger partial charge is 0.271 e. The number of nitrogens with one attached hydrogen (secondary N) is 2. The molecule has 0 radical (unpaired) electrons. The molecule has 5 rings (SSSR count). The molecule has 0 atom stereocenters. The van der Waals surface area contributed by atoms with Crippen LogP contribution in [0.3, 0.4) is 0 Å². The lowest BCUT2D eigenvalue weighted by atomic mass is 9.95. The highest BCUT2D eigenvalue weighted by Gasteiger charge is 2.28. The van der Waals surface area contributed by atoms with Crippen molar-refractivity contribution in [2.24, 2.45) is 5.92 Å². The number of hydrogen-bond acceptors (Lipinski definition) is 7. The molecule has 4 heterocycles. The van der Waals surface area contributed by atoms with E-state index in [1.807, 2.05) is 18.2 Å². The van der Waals surface area contributed by atoms with Gasteiger partial charge in [0.15, 0.2) is 12.0 Å². The van der Waals surface area contributed by atoms with E-state index in [-0.39, 0.29) is 17.7 Å². The molecular formula is C24H23ClN6O4. The molecule has 1 fully saturated rings. The van der Waals surface area contributed by atoms with Crippen molar-refractivity contribution in [3.63, 3.8) is 0 Å². The molecule has 10 nitrogen and oxygen atoms in total. The van der Waals surface area contributed by atoms with Crippen LogP contribution in [0, 0.1) is 5.92 Å². The summed E-state index contributed by atoms with van der Waals surface area (Å²) in [4.78, 5) is 35.6. The predicted octanol–water partition coefficient (Wildman–Crippen LogP) is 3.44. The maximum Gasteiger partial charge on any atom is 0.271 e. The van der Waals surface area contributed by atoms with Gasteiger partial charge in [0, 0.05) is 37.2 Å². The van der Waals surface area contributed by atoms with Crippen molar-refractivity contribution in [2.45, 2.75) is 19.4 Å². The van der Waals surface area contributed by atoms with E-state index >= 15 is 0 Å². The monoisotopic (exact) mass is 494 g/mol. The SMILES string of the molecule is COc1cc(-c2cc(C(=O)N3CCC(C(=O)NCc4ccc5ncoc5c4)CC3)[nH]n2)c(Cl)cn1. The van der Waals surface area contributed by atoms with Crippen LogP contribution in [0.15, 0.2) is 47.3 Å². The first-order chi connectivity index (χ1) is 17.0. The fraction of sp³-hybridized carbons (Fsp3) is 0.292. The highest BCUT2D eigenvalue weighted by molar-refractivity contribution is 6.33. The highest BCUT2D eigenvalue weighted by Crippen LogP contribution is 2.29. The van der Waals surface area contributed by atoms with Crippen LogP contribution >= 0.6 is 11.6 Å². The van der Waals surface area contributed by atoms with Crippen molar-refractivity contribution >= 4 is 34.5 Å². The number of ether oxygens (including phenoxy) is 1. The number of piperidine rings is 1. The number of aromatic nitrogens is 4. The first-order valence-electron chi connectivity index (χ1n) is 11.2. The summed E-state index contributed by atoms with van der Waals surface area (Å²) < 4.78 is 10.5. The van der Waals surface area contributed by atoms with E-state index < -0.39 is 0 Å². The Morgan fingerprint density at radius 1 is 1.23 bits per heavy atom. The fourth-order valence-electron chi connectivity index (χ4n) is 4.15. The number of carbonyl (C=O) groups excluding carboxylic acids is 2. The Bertz CT molecular complexity index is 1380. The summed E-state index contributed by atoms with van der Waals surface area (Å²) in [5.41, 5.74) is 3.92. The Balaban J connectivity index is 1.16. The summed E-state index contributed by atoms with van der Waals surface area (Å²) in [7, 11) is 1.51. The molecule has 1 aromatic carbocycles. The van der Waals surface area contributed by atoms with E-state index in [1.165, 1.54) is 19.7 Å². The number of benzene rings is 1. The molecule has 11 heteroatoms. The van der Waals surface area contributed by atoms with Gasteiger partial charge in [-0.2, -0.15) is 5.10 Å². The Morgan fingerprint density at radius 2 is 2.06 bits per heavy atom. The number of H-pyrrole nitrogens is 1. The maximum atomic E-state index is 13.0. The molecule has 0 aliphatic carbocycles. The molecule has 0 unspecified atom stereocenters. The Labute approximate surface area is 205 Å². The number of hydrogen-bond donors (Lipinski definition) is 2. The van der Waals surface area contributed by atoms with Crippen molar-refractivity contribution in [1.29, 1.82) is 0 Å². The van der Waals surface area contributed by atoms with Crippen molar-refractivity contribution < 1.29 is 18.7 Å². The molecule has 180 valence electrons. The van der Waals surface area contributed by atoms with Crippen LogP contribution in [0.25, 0.3) is 22.4 Å². The van der Waals surface area contributed by atoms with Gasteiger partial charge in [-0.25, -0.2) is 9.97 Å². The summed E-state index contributed by atoms with van der Waals surface area (Å²) in [6.07, 6.45) is 4.06. The number of pyridine rings is 1. The molecule has 4 aromatic rings. The first-order valence-corrected chi connectivity index (χ1v) is 11.5. The number of carbonyl (C=O) groups is 2. The van der Waals surface area contributed by atoms with Crippen LogP contribution in [-0.4, -0.2) is 57.1 Å². The lowest BCUT2D eigenvalue weighted by Gasteiger charge is -2.31. The normalized spacial score (nSPS) is 14.3. The Kier molecular flexibility index (Phi) is 6.37. The number of oxazole rings is 1. The van der Waals surface area contributed by atoms with Crippen LogP contribution in [0.1, 0.15) is 28.9 Å². The van der Waals surface area contributed by atoms with Crippen LogP contribution in [0.5, 0.6) is 5.88 Å². The summed E-state index contributed by atoms with van der Waals surface area (Å²) >= 11 is 6.24. The standard InChI is InChI=1S/C24H23ClN6O4/c1-34-22-9-16(17(25)12-26-22)19-10-20(30-29-19)24(33)31-6-4-15(5-7-31)23(32)27-11-14-2-3-18-21(8-14)35-13-28-18/h2-3,8-10,12-13,15H,4-7,11H2,1H3,(H,27,32)(H,29,30). The van der Waals surface area contributed by atoms with Crippen LogP contribution < -0.4 is 10.1 Å². The molecule has 0 spiro atoms. The predicted molar refractivity (Wildman–Crippen MR) is 128 cm³/mol. The molecule has 2 amide bonds. The molecule has 0 bridgehead atoms. The van der Waals surface area contributed by atoms with Gasteiger partial charge in [0.1, 0.15) is 11.2 Å². The van der Waals surface area contributed by atoms with E-state index in [9.17, 15) is 9.59 Å². The summed E-state index contributed by atoms with van der Waals surface area (Å²) in [6.45, 7) is 1.38. The van der Waals surface area contributed by atoms with E-state index in [0.717, 1.165) is 11.1 Å². The van der Waals surface area contributed by atoms with E-state index in [1.54, 1.807) is 17.0 Å². The minimum Gasteiger partial charge on any atom is -0.481 e. The second-order valence-corrected chi connectivity index (χ2v) is 8.72. The maximum absolute atomic E-state index is 13.0. The third kappa shape index (κ3) is 4.83. The molecule has 35 heavy (non-hydrogen) atoms. The molecular weight excluding hydrogens is 472 g/mol. The number of nitrogens with zero attached hydrogens (tertiary/aromatic N) is 4. The quantitative estimate of drug-likeness (QED) is 0.420. The van der Waals surface area contributed by atoms with Gasteiger partial charge in [-0.15, -0.1) is 0 Å². The minimum absolute atomic E-state index is 0.0140. The number of likely N-dealkylation sites (tertiary alicyclic amines) is 1. The second kappa shape index (κ2) is 9.75. The zero-order valence-electron chi connectivity index (χ0n) is 19.0. The van der Waals surface area contributed by atoms with Crippen LogP contribution in [0.4, 0.5) is 0 Å².